The Morgan fingerprint density at radius 3 is 1.60 bits per heavy atom. The van der Waals surface area contributed by atoms with Crippen LogP contribution in [0.3, 0.4) is 0 Å². The molecule has 6 heterocycles. The van der Waals surface area contributed by atoms with Gasteiger partial charge < -0.3 is 160 Å². The Morgan fingerprint density at radius 1 is 0.538 bits per heavy atom. The Labute approximate surface area is 441 Å². The van der Waals surface area contributed by atoms with E-state index >= 15 is 0 Å². The first-order valence-corrected chi connectivity index (χ1v) is 24.6. The number of rotatable bonds is 20. The van der Waals surface area contributed by atoms with Crippen LogP contribution < -0.4 is 10.6 Å². The number of ether oxygens (including phenoxy) is 11. The molecule has 6 fully saturated rings. The maximum absolute atomic E-state index is 12.8. The maximum atomic E-state index is 12.8. The van der Waals surface area contributed by atoms with Gasteiger partial charge in [-0.25, -0.2) is 4.79 Å². The molecule has 0 radical (unpaired) electrons. The highest BCUT2D eigenvalue weighted by atomic mass is 16.8. The second-order valence-corrected chi connectivity index (χ2v) is 19.7. The Kier molecular flexibility index (Phi) is 22.4. The number of nitrogens with one attached hydrogen (secondary N) is 2. The molecule has 21 N–H and O–H groups in total. The van der Waals surface area contributed by atoms with Crippen LogP contribution in [0, 0.1) is 0 Å². The van der Waals surface area contributed by atoms with Crippen LogP contribution in [0.5, 0.6) is 0 Å². The summed E-state index contributed by atoms with van der Waals surface area (Å²) in [5.41, 5.74) is 0. The van der Waals surface area contributed by atoms with E-state index in [0.717, 1.165) is 13.8 Å². The second kappa shape index (κ2) is 27.1. The van der Waals surface area contributed by atoms with Crippen molar-refractivity contribution in [2.75, 3.05) is 33.0 Å². The van der Waals surface area contributed by atoms with Crippen molar-refractivity contribution in [1.82, 2.24) is 10.6 Å². The predicted octanol–water partition coefficient (Wildman–Crippen LogP) is -13.6. The third kappa shape index (κ3) is 13.7. The number of carbonyl (C=O) groups is 3. The number of aliphatic carboxylic acids is 1. The van der Waals surface area contributed by atoms with E-state index < -0.39 is 247 Å². The Hall–Kier alpha value is -2.75. The molecule has 6 rings (SSSR count). The lowest BCUT2D eigenvalue weighted by atomic mass is 9.88. The highest BCUT2D eigenvalue weighted by Crippen LogP contribution is 2.38. The summed E-state index contributed by atoms with van der Waals surface area (Å²) in [6.45, 7) is -1.85. The van der Waals surface area contributed by atoms with Crippen LogP contribution in [0.2, 0.25) is 0 Å². The van der Waals surface area contributed by atoms with Gasteiger partial charge in [-0.3, -0.25) is 9.59 Å². The van der Waals surface area contributed by atoms with E-state index in [2.05, 4.69) is 10.6 Å². The van der Waals surface area contributed by atoms with Gasteiger partial charge in [-0.05, 0) is 6.92 Å². The van der Waals surface area contributed by atoms with Gasteiger partial charge in [0.05, 0.1) is 51.3 Å². The predicted molar refractivity (Wildman–Crippen MR) is 238 cm³/mol. The van der Waals surface area contributed by atoms with Gasteiger partial charge in [0.25, 0.3) is 5.79 Å². The summed E-state index contributed by atoms with van der Waals surface area (Å²) < 4.78 is 61.9. The third-order valence-electron chi connectivity index (χ3n) is 14.2. The lowest BCUT2D eigenvalue weighted by Gasteiger charge is -2.50. The normalized spacial score (nSPS) is 48.1. The highest BCUT2D eigenvalue weighted by Gasteiger charge is 2.59. The Bertz CT molecular complexity index is 1950. The molecular formula is C43H72N2O33. The molecule has 452 valence electrons. The average molecular weight is 1150 g/mol. The fourth-order valence-electron chi connectivity index (χ4n) is 9.88. The number of carboxylic acids is 1. The van der Waals surface area contributed by atoms with Crippen LogP contribution in [0.4, 0.5) is 0 Å². The van der Waals surface area contributed by atoms with E-state index in [-0.39, 0.29) is 0 Å². The van der Waals surface area contributed by atoms with E-state index in [1.54, 1.807) is 0 Å². The molecule has 1 unspecified atom stereocenters. The van der Waals surface area contributed by atoms with Crippen molar-refractivity contribution in [2.45, 2.75) is 217 Å². The molecule has 6 aliphatic heterocycles. The molecule has 35 nitrogen and oxygen atoms in total. The summed E-state index contributed by atoms with van der Waals surface area (Å²) in [6.07, 6.45) is -55.2. The number of aliphatic hydroxyl groups is 18. The van der Waals surface area contributed by atoms with Crippen LogP contribution in [-0.2, 0) is 66.5 Å². The zero-order valence-corrected chi connectivity index (χ0v) is 41.8. The fraction of sp³-hybridized carbons (Fsp3) is 0.930. The molecule has 0 aromatic heterocycles. The summed E-state index contributed by atoms with van der Waals surface area (Å²) in [6, 6.07) is -3.42. The molecule has 0 spiro atoms. The number of carboxylic acid groups (broad SMARTS) is 1. The smallest absolute Gasteiger partial charge is 0.364 e. The van der Waals surface area contributed by atoms with Crippen LogP contribution in [-0.4, -0.2) is 338 Å². The van der Waals surface area contributed by atoms with Crippen molar-refractivity contribution >= 4 is 17.8 Å². The third-order valence-corrected chi connectivity index (χ3v) is 14.2. The number of hydrogen-bond donors (Lipinski definition) is 21. The van der Waals surface area contributed by atoms with Crippen LogP contribution in [0.15, 0.2) is 0 Å². The van der Waals surface area contributed by atoms with Crippen LogP contribution in [0.25, 0.3) is 0 Å². The van der Waals surface area contributed by atoms with Crippen LogP contribution >= 0.6 is 0 Å². The lowest BCUT2D eigenvalue weighted by molar-refractivity contribution is -0.387. The number of carbonyl (C=O) groups excluding carboxylic acids is 2. The molecule has 78 heavy (non-hydrogen) atoms. The van der Waals surface area contributed by atoms with Crippen molar-refractivity contribution in [1.29, 1.82) is 0 Å². The molecule has 0 aromatic carbocycles. The first-order valence-electron chi connectivity index (χ1n) is 24.6. The fourth-order valence-corrected chi connectivity index (χ4v) is 9.88. The van der Waals surface area contributed by atoms with Crippen molar-refractivity contribution in [2.24, 2.45) is 0 Å². The topological polar surface area (TPSA) is 561 Å². The van der Waals surface area contributed by atoms with Crippen molar-refractivity contribution in [3.63, 3.8) is 0 Å². The van der Waals surface area contributed by atoms with Crippen LogP contribution in [0.1, 0.15) is 27.2 Å². The van der Waals surface area contributed by atoms with Gasteiger partial charge in [-0.1, -0.05) is 0 Å². The quantitative estimate of drug-likeness (QED) is 0.0538. The van der Waals surface area contributed by atoms with Crippen molar-refractivity contribution in [3.05, 3.63) is 0 Å². The van der Waals surface area contributed by atoms with E-state index in [0.29, 0.717) is 0 Å². The lowest BCUT2D eigenvalue weighted by Crippen LogP contribution is -2.70. The summed E-state index contributed by atoms with van der Waals surface area (Å²) >= 11 is 0. The molecule has 6 aliphatic rings. The number of amides is 2. The highest BCUT2D eigenvalue weighted by molar-refractivity contribution is 5.76. The first-order chi connectivity index (χ1) is 36.6. The van der Waals surface area contributed by atoms with E-state index in [1.807, 2.05) is 0 Å². The molecule has 0 aliphatic carbocycles. The van der Waals surface area contributed by atoms with Gasteiger partial charge in [0.2, 0.25) is 11.8 Å². The minimum Gasteiger partial charge on any atom is -0.477 e. The molecule has 35 heteroatoms. The van der Waals surface area contributed by atoms with Crippen molar-refractivity contribution < 1.29 is 164 Å². The summed E-state index contributed by atoms with van der Waals surface area (Å²) in [5.74, 6) is -6.62. The van der Waals surface area contributed by atoms with Gasteiger partial charge >= 0.3 is 5.97 Å². The molecule has 0 aromatic rings. The largest absolute Gasteiger partial charge is 0.477 e. The zero-order valence-electron chi connectivity index (χ0n) is 41.8. The standard InChI is InChI=1S/C43H72N2O33/c1-10-32(27(60)29(62)39(69-10)77-35-23(56)15(6-47)70-37(65)30(35)63)74-41-31(64)36(24(57)16(7-48)71-41)76-38-20(45-12(3)51)25(58)33(17(8-49)72-38)75-40-28(61)26(59)22(55)18(73-40)9-68-43(42(66)67)4-13(52)19(44-11(2)50)34(78-43)21(54)14(53)5-46/h10,13-41,46-49,52-65H,4-9H2,1-3H3,(H,44,50)(H,45,51)(H,66,67)/t10-,13-,14+,15+,16+,17+,18+,19+,20+,21+,22-,23+,24-,25+,26-,27-,28+,29-,30+,31+,32+,33+,34+,35-,36-,37?,38-,39+,40-,41-,43+/m0/s1. The summed E-state index contributed by atoms with van der Waals surface area (Å²) in [7, 11) is 0. The van der Waals surface area contributed by atoms with Gasteiger partial charge in [-0.15, -0.1) is 0 Å². The average Bonchev–Trinajstić information content (AvgIpc) is 3.39. The molecule has 6 saturated heterocycles. The monoisotopic (exact) mass is 1140 g/mol. The summed E-state index contributed by atoms with van der Waals surface area (Å²) in [5, 5.41) is 208. The van der Waals surface area contributed by atoms with Gasteiger partial charge in [0, 0.05) is 20.3 Å². The van der Waals surface area contributed by atoms with Crippen molar-refractivity contribution in [3.8, 4) is 0 Å². The molecule has 0 bridgehead atoms. The molecule has 2 amide bonds. The second-order valence-electron chi connectivity index (χ2n) is 19.7. The van der Waals surface area contributed by atoms with E-state index in [9.17, 15) is 111 Å². The minimum atomic E-state index is -2.98. The number of hydrogen-bond acceptors (Lipinski definition) is 32. The van der Waals surface area contributed by atoms with Gasteiger partial charge in [0.1, 0.15) is 134 Å². The molecular weight excluding hydrogens is 1070 g/mol. The molecule has 31 atom stereocenters. The SMILES string of the molecule is CC(=O)N[C@H]1[C@H](O[C@H]2[C@@H](O)[C@@H](CO)O[C@@H](O[C@H]3[C@@H](O)[C@H](O)[C@@H](O[C@H]4[C@H](O)[C@@H](CO)OC(O)[C@@H]4O)O[C@H]3C)[C@@H]2O)O[C@H](CO)[C@@H](O[C@@H]2O[C@H](CO[C@]3(C(=O)O)C[C@H](O)[C@@H](NC(C)=O)[C@H]([C@H](O)[C@H](O)CO)O3)[C@H](O)[C@H](O)[C@H]2O)[C@@H]1O. The Morgan fingerprint density at radius 2 is 1.03 bits per heavy atom. The number of aliphatic hydroxyl groups excluding tert-OH is 18. The van der Waals surface area contributed by atoms with E-state index in [1.165, 1.54) is 6.92 Å². The first kappa shape index (κ1) is 64.4. The van der Waals surface area contributed by atoms with Gasteiger partial charge in [0.15, 0.2) is 31.5 Å². The summed E-state index contributed by atoms with van der Waals surface area (Å²) in [4.78, 5) is 37.3. The zero-order chi connectivity index (χ0) is 58.0. The maximum Gasteiger partial charge on any atom is 0.364 e. The minimum absolute atomic E-state index is 0.786. The Balaban J connectivity index is 1.16. The molecule has 0 saturated carbocycles. The van der Waals surface area contributed by atoms with Gasteiger partial charge in [-0.2, -0.15) is 0 Å². The van der Waals surface area contributed by atoms with E-state index in [4.69, 9.17) is 52.1 Å².